The Hall–Kier alpha value is -2.73. The zero-order valence-corrected chi connectivity index (χ0v) is 11.7. The lowest BCUT2D eigenvalue weighted by atomic mass is 10.1. The maximum atomic E-state index is 11.8. The van der Waals surface area contributed by atoms with Crippen LogP contribution < -0.4 is 10.2 Å². The van der Waals surface area contributed by atoms with Crippen molar-refractivity contribution in [1.82, 2.24) is 5.32 Å². The highest BCUT2D eigenvalue weighted by Gasteiger charge is 2.18. The summed E-state index contributed by atoms with van der Waals surface area (Å²) < 4.78 is 0. The van der Waals surface area contributed by atoms with Gasteiger partial charge in [-0.05, 0) is 35.4 Å². The fourth-order valence-corrected chi connectivity index (χ4v) is 2.57. The Bertz CT molecular complexity index is 673. The van der Waals surface area contributed by atoms with E-state index in [1.165, 1.54) is 11.1 Å². The molecule has 3 rings (SSSR count). The second kappa shape index (κ2) is 5.72. The van der Waals surface area contributed by atoms with Crippen molar-refractivity contribution in [3.05, 3.63) is 65.2 Å². The summed E-state index contributed by atoms with van der Waals surface area (Å²) in [4.78, 5) is 14.1. The van der Waals surface area contributed by atoms with Gasteiger partial charge in [-0.15, -0.1) is 6.42 Å². The summed E-state index contributed by atoms with van der Waals surface area (Å²) in [6.07, 6.45) is 5.13. The molecule has 0 saturated heterocycles. The molecule has 0 fully saturated rings. The Balaban J connectivity index is 1.72. The first-order valence-electron chi connectivity index (χ1n) is 6.91. The van der Waals surface area contributed by atoms with E-state index in [-0.39, 0.29) is 12.5 Å². The van der Waals surface area contributed by atoms with Gasteiger partial charge >= 0.3 is 0 Å². The van der Waals surface area contributed by atoms with Crippen molar-refractivity contribution in [2.24, 2.45) is 0 Å². The van der Waals surface area contributed by atoms with Gasteiger partial charge in [0.1, 0.15) is 0 Å². The van der Waals surface area contributed by atoms with Crippen molar-refractivity contribution < 1.29 is 4.79 Å². The van der Waals surface area contributed by atoms with E-state index in [1.807, 2.05) is 24.3 Å². The van der Waals surface area contributed by atoms with Gasteiger partial charge in [0.2, 0.25) is 0 Å². The van der Waals surface area contributed by atoms with E-state index in [0.29, 0.717) is 5.56 Å². The molecule has 2 aromatic rings. The van der Waals surface area contributed by atoms with Gasteiger partial charge in [-0.3, -0.25) is 4.79 Å². The van der Waals surface area contributed by atoms with E-state index in [2.05, 4.69) is 40.4 Å². The van der Waals surface area contributed by atoms with Crippen molar-refractivity contribution in [1.29, 1.82) is 0 Å². The number of anilines is 1. The predicted octanol–water partition coefficient (Wildman–Crippen LogP) is 2.57. The van der Waals surface area contributed by atoms with E-state index >= 15 is 0 Å². The molecular formula is C18H16N2O. The van der Waals surface area contributed by atoms with Crippen LogP contribution in [-0.2, 0) is 13.1 Å². The number of fused-ring (bicyclic) bond motifs is 1. The molecule has 1 aliphatic rings. The number of carbonyl (C=O) groups is 1. The molecule has 3 heteroatoms. The molecule has 0 aromatic heterocycles. The largest absolute Gasteiger partial charge is 0.363 e. The number of hydrogen-bond acceptors (Lipinski definition) is 2. The molecule has 21 heavy (non-hydrogen) atoms. The van der Waals surface area contributed by atoms with Crippen LogP contribution in [0, 0.1) is 12.3 Å². The lowest BCUT2D eigenvalue weighted by molar-refractivity contribution is 0.0958. The topological polar surface area (TPSA) is 32.3 Å². The van der Waals surface area contributed by atoms with Crippen LogP contribution in [0.5, 0.6) is 0 Å². The highest BCUT2D eigenvalue weighted by atomic mass is 16.1. The molecule has 0 aliphatic carbocycles. The molecule has 1 heterocycles. The van der Waals surface area contributed by atoms with Gasteiger partial charge in [-0.1, -0.05) is 30.2 Å². The molecular weight excluding hydrogens is 260 g/mol. The SMILES string of the molecule is C#CCNC(=O)c1ccc(N2Cc3ccccc3C2)cc1. The monoisotopic (exact) mass is 276 g/mol. The van der Waals surface area contributed by atoms with E-state index in [9.17, 15) is 4.79 Å². The quantitative estimate of drug-likeness (QED) is 0.874. The third-order valence-electron chi connectivity index (χ3n) is 3.69. The van der Waals surface area contributed by atoms with Crippen LogP contribution in [0.2, 0.25) is 0 Å². The van der Waals surface area contributed by atoms with Crippen LogP contribution >= 0.6 is 0 Å². The maximum Gasteiger partial charge on any atom is 0.252 e. The third kappa shape index (κ3) is 2.75. The molecule has 0 saturated carbocycles. The van der Waals surface area contributed by atoms with Gasteiger partial charge < -0.3 is 10.2 Å². The summed E-state index contributed by atoms with van der Waals surface area (Å²) in [5.74, 6) is 2.26. The molecule has 1 amide bonds. The summed E-state index contributed by atoms with van der Waals surface area (Å²) >= 11 is 0. The summed E-state index contributed by atoms with van der Waals surface area (Å²) in [6, 6.07) is 16.1. The van der Waals surface area contributed by atoms with Crippen LogP contribution in [0.4, 0.5) is 5.69 Å². The Morgan fingerprint density at radius 3 is 2.29 bits per heavy atom. The molecule has 2 aromatic carbocycles. The first kappa shape index (κ1) is 13.3. The van der Waals surface area contributed by atoms with Gasteiger partial charge in [0.05, 0.1) is 6.54 Å². The van der Waals surface area contributed by atoms with Crippen LogP contribution in [0.1, 0.15) is 21.5 Å². The predicted molar refractivity (Wildman–Crippen MR) is 83.9 cm³/mol. The minimum atomic E-state index is -0.135. The van der Waals surface area contributed by atoms with Crippen LogP contribution in [0.3, 0.4) is 0 Å². The van der Waals surface area contributed by atoms with E-state index in [4.69, 9.17) is 6.42 Å². The first-order chi connectivity index (χ1) is 10.3. The number of hydrogen-bond donors (Lipinski definition) is 1. The maximum absolute atomic E-state index is 11.8. The number of amides is 1. The van der Waals surface area contributed by atoms with Gasteiger partial charge in [0.15, 0.2) is 0 Å². The second-order valence-corrected chi connectivity index (χ2v) is 5.06. The minimum absolute atomic E-state index is 0.135. The highest BCUT2D eigenvalue weighted by molar-refractivity contribution is 5.94. The van der Waals surface area contributed by atoms with Gasteiger partial charge in [-0.2, -0.15) is 0 Å². The Labute approximate surface area is 124 Å². The molecule has 0 radical (unpaired) electrons. The van der Waals surface area contributed by atoms with Crippen molar-refractivity contribution in [3.8, 4) is 12.3 Å². The summed E-state index contributed by atoms with van der Waals surface area (Å²) in [5.41, 5.74) is 4.49. The Kier molecular flexibility index (Phi) is 3.61. The number of nitrogens with one attached hydrogen (secondary N) is 1. The molecule has 104 valence electrons. The number of rotatable bonds is 3. The number of nitrogens with zero attached hydrogens (tertiary/aromatic N) is 1. The zero-order chi connectivity index (χ0) is 14.7. The number of carbonyl (C=O) groups excluding carboxylic acids is 1. The molecule has 1 N–H and O–H groups in total. The average Bonchev–Trinajstić information content (AvgIpc) is 2.96. The minimum Gasteiger partial charge on any atom is -0.363 e. The number of terminal acetylenes is 1. The summed E-state index contributed by atoms with van der Waals surface area (Å²) in [5, 5.41) is 2.66. The third-order valence-corrected chi connectivity index (χ3v) is 3.69. The Morgan fingerprint density at radius 2 is 1.71 bits per heavy atom. The first-order valence-corrected chi connectivity index (χ1v) is 6.91. The molecule has 0 unspecified atom stereocenters. The summed E-state index contributed by atoms with van der Waals surface area (Å²) in [7, 11) is 0. The van der Waals surface area contributed by atoms with Crippen LogP contribution in [-0.4, -0.2) is 12.5 Å². The molecule has 0 atom stereocenters. The van der Waals surface area contributed by atoms with E-state index < -0.39 is 0 Å². The van der Waals surface area contributed by atoms with Crippen molar-refractivity contribution >= 4 is 11.6 Å². The smallest absolute Gasteiger partial charge is 0.252 e. The standard InChI is InChI=1S/C18H16N2O/c1-2-11-19-18(21)14-7-9-17(10-8-14)20-12-15-5-3-4-6-16(15)13-20/h1,3-10H,11-13H2,(H,19,21). The molecule has 3 nitrogen and oxygen atoms in total. The van der Waals surface area contributed by atoms with Gasteiger partial charge in [0.25, 0.3) is 5.91 Å². The fourth-order valence-electron chi connectivity index (χ4n) is 2.57. The highest BCUT2D eigenvalue weighted by Crippen LogP contribution is 2.28. The lowest BCUT2D eigenvalue weighted by Gasteiger charge is -2.18. The Morgan fingerprint density at radius 1 is 1.10 bits per heavy atom. The number of benzene rings is 2. The summed E-state index contributed by atoms with van der Waals surface area (Å²) in [6.45, 7) is 2.08. The van der Waals surface area contributed by atoms with Gasteiger partial charge in [-0.25, -0.2) is 0 Å². The molecule has 1 aliphatic heterocycles. The molecule has 0 bridgehead atoms. The zero-order valence-electron chi connectivity index (χ0n) is 11.7. The van der Waals surface area contributed by atoms with Crippen molar-refractivity contribution in [2.75, 3.05) is 11.4 Å². The van der Waals surface area contributed by atoms with Crippen molar-refractivity contribution in [2.45, 2.75) is 13.1 Å². The van der Waals surface area contributed by atoms with Crippen molar-refractivity contribution in [3.63, 3.8) is 0 Å². The molecule has 0 spiro atoms. The normalized spacial score (nSPS) is 12.6. The van der Waals surface area contributed by atoms with Crippen LogP contribution in [0.25, 0.3) is 0 Å². The van der Waals surface area contributed by atoms with E-state index in [1.54, 1.807) is 0 Å². The van der Waals surface area contributed by atoms with E-state index in [0.717, 1.165) is 18.8 Å². The average molecular weight is 276 g/mol. The fraction of sp³-hybridized carbons (Fsp3) is 0.167. The lowest BCUT2D eigenvalue weighted by Crippen LogP contribution is -2.23. The van der Waals surface area contributed by atoms with Gasteiger partial charge in [0, 0.05) is 24.3 Å². The second-order valence-electron chi connectivity index (χ2n) is 5.06. The van der Waals surface area contributed by atoms with Crippen LogP contribution in [0.15, 0.2) is 48.5 Å².